The van der Waals surface area contributed by atoms with Gasteiger partial charge in [-0.15, -0.1) is 5.56 Å². The number of rotatable bonds is 2. The number of aromatic nitrogens is 4. The molecule has 0 saturated heterocycles. The summed E-state index contributed by atoms with van der Waals surface area (Å²) in [5.74, 6) is 0. The van der Waals surface area contributed by atoms with Gasteiger partial charge in [0.15, 0.2) is 0 Å². The number of hydrogen-bond acceptors (Lipinski definition) is 2. The van der Waals surface area contributed by atoms with Gasteiger partial charge in [0.1, 0.15) is 0 Å². The van der Waals surface area contributed by atoms with E-state index in [9.17, 15) is 0 Å². The molecule has 5 heteroatoms. The number of nitrogens with zero attached hydrogens (tertiary/aromatic N) is 4. The fraction of sp³-hybridized carbons (Fsp3) is 0. The summed E-state index contributed by atoms with van der Waals surface area (Å²) < 4.78 is 4.32. The molecule has 0 aliphatic heterocycles. The smallest absolute Gasteiger partial charge is 0.0712 e. The number of benzene rings is 4. The van der Waals surface area contributed by atoms with Crippen LogP contribution in [0.3, 0.4) is 0 Å². The molecule has 4 aromatic carbocycles. The summed E-state index contributed by atoms with van der Waals surface area (Å²) in [6.07, 6.45) is 5.62. The van der Waals surface area contributed by atoms with Crippen molar-refractivity contribution in [1.82, 2.24) is 19.2 Å². The predicted molar refractivity (Wildman–Crippen MR) is 147 cm³/mol. The average Bonchev–Trinajstić information content (AvgIpc) is 3.57. The predicted octanol–water partition coefficient (Wildman–Crippen LogP) is 7.60. The van der Waals surface area contributed by atoms with Crippen LogP contribution in [0.15, 0.2) is 116 Å². The SMILES string of the molecule is [Ir].[c-]1cc(-c2cccc(-n3c4ccccc4c4ccccc43)c2)cc2c3cnccc3c3ccnn3c12. The third-order valence-electron chi connectivity index (χ3n) is 7.18. The maximum Gasteiger partial charge on any atom is 0.0712 e. The van der Waals surface area contributed by atoms with E-state index >= 15 is 0 Å². The molecule has 0 bridgehead atoms. The molecule has 0 atom stereocenters. The molecule has 0 aliphatic carbocycles. The van der Waals surface area contributed by atoms with Crippen molar-refractivity contribution in [1.29, 1.82) is 0 Å². The molecule has 4 aromatic heterocycles. The zero-order valence-corrected chi connectivity index (χ0v) is 22.0. The Kier molecular flexibility index (Phi) is 4.97. The van der Waals surface area contributed by atoms with E-state index in [1.54, 1.807) is 0 Å². The van der Waals surface area contributed by atoms with Gasteiger partial charge in [-0.2, -0.15) is 23.3 Å². The monoisotopic (exact) mass is 652 g/mol. The molecular formula is C32H19IrN4-. The maximum atomic E-state index is 4.57. The van der Waals surface area contributed by atoms with E-state index in [1.807, 2.05) is 29.2 Å². The van der Waals surface area contributed by atoms with Crippen LogP contribution in [0.2, 0.25) is 0 Å². The molecule has 8 aromatic rings. The van der Waals surface area contributed by atoms with Crippen LogP contribution in [-0.2, 0) is 20.1 Å². The second-order valence-electron chi connectivity index (χ2n) is 9.12. The standard InChI is InChI=1S/C32H19N4.Ir/c1-3-10-29-24(8-1)25-9-2-4-11-30(25)35(29)23-7-5-6-21(18-23)22-12-13-31-27(19-22)28-20-33-16-14-26(28)32-15-17-34-36(31)32;/h1-12,14-20H;/q-1;. The van der Waals surface area contributed by atoms with Crippen molar-refractivity contribution in [2.24, 2.45) is 0 Å². The third-order valence-corrected chi connectivity index (χ3v) is 7.18. The summed E-state index contributed by atoms with van der Waals surface area (Å²) in [7, 11) is 0. The molecular weight excluding hydrogens is 633 g/mol. The molecule has 4 nitrogen and oxygen atoms in total. The number of para-hydroxylation sites is 2. The summed E-state index contributed by atoms with van der Waals surface area (Å²) in [5.41, 5.74) is 7.83. The summed E-state index contributed by atoms with van der Waals surface area (Å²) in [4.78, 5) is 4.42. The van der Waals surface area contributed by atoms with E-state index in [4.69, 9.17) is 0 Å². The van der Waals surface area contributed by atoms with Crippen LogP contribution in [0.25, 0.3) is 65.8 Å². The number of pyridine rings is 2. The van der Waals surface area contributed by atoms with Crippen LogP contribution >= 0.6 is 0 Å². The van der Waals surface area contributed by atoms with Gasteiger partial charge in [-0.3, -0.25) is 9.50 Å². The van der Waals surface area contributed by atoms with Crippen molar-refractivity contribution in [3.8, 4) is 16.8 Å². The Bertz CT molecular complexity index is 2070. The first kappa shape index (κ1) is 21.9. The average molecular weight is 652 g/mol. The van der Waals surface area contributed by atoms with Gasteiger partial charge in [-0.25, -0.2) is 0 Å². The largest absolute Gasteiger partial charge is 0.309 e. The summed E-state index contributed by atoms with van der Waals surface area (Å²) in [6.45, 7) is 0. The van der Waals surface area contributed by atoms with E-state index in [0.717, 1.165) is 44.0 Å². The zero-order chi connectivity index (χ0) is 23.6. The number of fused-ring (bicyclic) bond motifs is 9. The van der Waals surface area contributed by atoms with Crippen LogP contribution in [0.1, 0.15) is 0 Å². The second-order valence-corrected chi connectivity index (χ2v) is 9.12. The first-order valence-electron chi connectivity index (χ1n) is 12.0. The minimum Gasteiger partial charge on any atom is -0.309 e. The molecule has 37 heavy (non-hydrogen) atoms. The van der Waals surface area contributed by atoms with E-state index in [-0.39, 0.29) is 20.1 Å². The minimum absolute atomic E-state index is 0. The molecule has 0 fully saturated rings. The fourth-order valence-corrected chi connectivity index (χ4v) is 5.58. The molecule has 0 amide bonds. The van der Waals surface area contributed by atoms with Crippen LogP contribution in [-0.4, -0.2) is 19.2 Å². The van der Waals surface area contributed by atoms with Crippen LogP contribution in [0, 0.1) is 6.07 Å². The van der Waals surface area contributed by atoms with E-state index < -0.39 is 0 Å². The molecule has 0 spiro atoms. The van der Waals surface area contributed by atoms with Crippen molar-refractivity contribution < 1.29 is 20.1 Å². The Hall–Kier alpha value is -4.31. The van der Waals surface area contributed by atoms with E-state index in [1.165, 1.54) is 21.8 Å². The maximum absolute atomic E-state index is 4.57. The van der Waals surface area contributed by atoms with E-state index in [2.05, 4.69) is 112 Å². The zero-order valence-electron chi connectivity index (χ0n) is 19.6. The van der Waals surface area contributed by atoms with Crippen molar-refractivity contribution in [3.05, 3.63) is 122 Å². The Labute approximate surface area is 226 Å². The Morgan fingerprint density at radius 3 is 2.16 bits per heavy atom. The van der Waals surface area contributed by atoms with Gasteiger partial charge in [0.05, 0.1) is 16.6 Å². The van der Waals surface area contributed by atoms with Gasteiger partial charge in [0.25, 0.3) is 0 Å². The van der Waals surface area contributed by atoms with E-state index in [0.29, 0.717) is 0 Å². The third kappa shape index (κ3) is 3.18. The minimum atomic E-state index is 0. The van der Waals surface area contributed by atoms with Gasteiger partial charge in [-0.05, 0) is 52.7 Å². The number of hydrogen-bond donors (Lipinski definition) is 0. The molecule has 1 radical (unpaired) electrons. The molecule has 4 heterocycles. The van der Waals surface area contributed by atoms with Crippen LogP contribution in [0.5, 0.6) is 0 Å². The first-order valence-corrected chi connectivity index (χ1v) is 12.0. The van der Waals surface area contributed by atoms with Gasteiger partial charge < -0.3 is 4.57 Å². The molecule has 0 aliphatic rings. The first-order chi connectivity index (χ1) is 17.9. The molecule has 0 saturated carbocycles. The fourth-order valence-electron chi connectivity index (χ4n) is 5.58. The van der Waals surface area contributed by atoms with Gasteiger partial charge >= 0.3 is 0 Å². The van der Waals surface area contributed by atoms with Gasteiger partial charge in [0, 0.05) is 55.2 Å². The quantitative estimate of drug-likeness (QED) is 0.143. The molecule has 0 unspecified atom stereocenters. The normalized spacial score (nSPS) is 11.6. The van der Waals surface area contributed by atoms with Crippen molar-refractivity contribution in [3.63, 3.8) is 0 Å². The van der Waals surface area contributed by atoms with Crippen molar-refractivity contribution in [2.45, 2.75) is 0 Å². The van der Waals surface area contributed by atoms with Crippen molar-refractivity contribution >= 4 is 49.0 Å². The molecule has 0 N–H and O–H groups in total. The van der Waals surface area contributed by atoms with Gasteiger partial charge in [0.2, 0.25) is 0 Å². The summed E-state index contributed by atoms with van der Waals surface area (Å²) in [6, 6.07) is 37.9. The Balaban J connectivity index is 0.00000231. The summed E-state index contributed by atoms with van der Waals surface area (Å²) in [5, 5.41) is 10.4. The van der Waals surface area contributed by atoms with Crippen molar-refractivity contribution in [2.75, 3.05) is 0 Å². The van der Waals surface area contributed by atoms with Crippen LogP contribution in [0.4, 0.5) is 0 Å². The summed E-state index contributed by atoms with van der Waals surface area (Å²) >= 11 is 0. The Morgan fingerprint density at radius 1 is 0.595 bits per heavy atom. The van der Waals surface area contributed by atoms with Gasteiger partial charge in [-0.1, -0.05) is 59.5 Å². The second kappa shape index (κ2) is 8.38. The van der Waals surface area contributed by atoms with Crippen LogP contribution < -0.4 is 0 Å². The molecule has 8 rings (SSSR count). The molecule has 177 valence electrons. The topological polar surface area (TPSA) is 35.1 Å². The Morgan fingerprint density at radius 2 is 1.35 bits per heavy atom.